The summed E-state index contributed by atoms with van der Waals surface area (Å²) >= 11 is 0. The average Bonchev–Trinajstić information content (AvgIpc) is 3.64. The number of hydrogen-bond acceptors (Lipinski definition) is 9. The third kappa shape index (κ3) is 5.98. The number of nitrogens with zero attached hydrogens (tertiary/aromatic N) is 3. The number of amides is 3. The summed E-state index contributed by atoms with van der Waals surface area (Å²) in [5.74, 6) is 0.595. The van der Waals surface area contributed by atoms with Crippen LogP contribution in [-0.2, 0) is 11.3 Å². The highest BCUT2D eigenvalue weighted by atomic mass is 16.5. The van der Waals surface area contributed by atoms with Gasteiger partial charge in [0.2, 0.25) is 5.76 Å². The van der Waals surface area contributed by atoms with Crippen molar-refractivity contribution in [1.29, 1.82) is 0 Å². The number of carbonyl (C=O) groups excluding carboxylic acids is 3. The van der Waals surface area contributed by atoms with Crippen LogP contribution in [0, 0.1) is 6.92 Å². The molecule has 3 amide bonds. The van der Waals surface area contributed by atoms with E-state index in [9.17, 15) is 14.4 Å². The largest absolute Gasteiger partial charge is 0.496 e. The molecule has 3 aliphatic heterocycles. The van der Waals surface area contributed by atoms with Crippen LogP contribution in [0.1, 0.15) is 32.2 Å². The Bertz CT molecular complexity index is 1690. The van der Waals surface area contributed by atoms with E-state index in [-0.39, 0.29) is 49.7 Å². The van der Waals surface area contributed by atoms with Gasteiger partial charge in [-0.25, -0.2) is 4.98 Å². The summed E-state index contributed by atoms with van der Waals surface area (Å²) in [7, 11) is 1.53. The zero-order valence-electron chi connectivity index (χ0n) is 23.5. The van der Waals surface area contributed by atoms with Gasteiger partial charge >= 0.3 is 0 Å². The number of benzene rings is 2. The molecule has 5 heterocycles. The monoisotopic (exact) mass is 583 g/mol. The number of fused-ring (bicyclic) bond motifs is 7. The summed E-state index contributed by atoms with van der Waals surface area (Å²) in [6, 6.07) is 13.6. The van der Waals surface area contributed by atoms with Gasteiger partial charge in [-0.05, 0) is 42.8 Å². The minimum absolute atomic E-state index is 0.138. The number of ether oxygens (including phenoxy) is 3. The Morgan fingerprint density at radius 2 is 1.88 bits per heavy atom. The fourth-order valence-electron chi connectivity index (χ4n) is 5.10. The number of aryl methyl sites for hydroxylation is 1. The number of carbonyl (C=O) groups is 3. The number of oxazole rings is 1. The minimum Gasteiger partial charge on any atom is -0.496 e. The van der Waals surface area contributed by atoms with E-state index in [0.717, 1.165) is 11.1 Å². The first-order valence-electron chi connectivity index (χ1n) is 13.7. The Morgan fingerprint density at radius 3 is 2.70 bits per heavy atom. The van der Waals surface area contributed by atoms with Crippen LogP contribution in [0.15, 0.2) is 71.7 Å². The lowest BCUT2D eigenvalue weighted by Crippen LogP contribution is -2.45. The third-order valence-corrected chi connectivity index (χ3v) is 7.37. The molecule has 6 bridgehead atoms. The SMILES string of the molecule is COc1cc2ccc1CNC(=O)COc1cccc(c1)-c1cncc(c1)C(=O)N[C@H]1CN(C(=O)c3ocnc3C)C[C@@H]1O2. The summed E-state index contributed by atoms with van der Waals surface area (Å²) in [4.78, 5) is 49.2. The Balaban J connectivity index is 1.35. The number of rotatable bonds is 2. The number of hydrogen-bond donors (Lipinski definition) is 2. The maximum Gasteiger partial charge on any atom is 0.291 e. The van der Waals surface area contributed by atoms with E-state index in [1.165, 1.54) is 19.7 Å². The van der Waals surface area contributed by atoms with Crippen molar-refractivity contribution in [1.82, 2.24) is 25.5 Å². The van der Waals surface area contributed by atoms with Crippen LogP contribution in [0.25, 0.3) is 11.1 Å². The first-order chi connectivity index (χ1) is 20.9. The van der Waals surface area contributed by atoms with Gasteiger partial charge in [-0.15, -0.1) is 0 Å². The predicted molar refractivity (Wildman–Crippen MR) is 153 cm³/mol. The molecule has 1 saturated heterocycles. The van der Waals surface area contributed by atoms with Crippen molar-refractivity contribution in [3.63, 3.8) is 0 Å². The number of methoxy groups -OCH3 is 1. The van der Waals surface area contributed by atoms with Crippen LogP contribution in [0.5, 0.6) is 17.2 Å². The van der Waals surface area contributed by atoms with Crippen LogP contribution in [0.4, 0.5) is 0 Å². The molecule has 2 aromatic heterocycles. The van der Waals surface area contributed by atoms with Crippen LogP contribution >= 0.6 is 0 Å². The van der Waals surface area contributed by atoms with Gasteiger partial charge in [-0.3, -0.25) is 19.4 Å². The van der Waals surface area contributed by atoms with Gasteiger partial charge in [0.1, 0.15) is 23.4 Å². The predicted octanol–water partition coefficient (Wildman–Crippen LogP) is 2.76. The second kappa shape index (κ2) is 11.8. The molecular formula is C31H29N5O7. The van der Waals surface area contributed by atoms with Gasteiger partial charge in [-0.2, -0.15) is 0 Å². The lowest BCUT2D eigenvalue weighted by molar-refractivity contribution is -0.123. The van der Waals surface area contributed by atoms with E-state index < -0.39 is 12.1 Å². The quantitative estimate of drug-likeness (QED) is 0.364. The lowest BCUT2D eigenvalue weighted by Gasteiger charge is -2.22. The van der Waals surface area contributed by atoms with E-state index in [2.05, 4.69) is 20.6 Å². The number of pyridine rings is 1. The Morgan fingerprint density at radius 1 is 1.02 bits per heavy atom. The van der Waals surface area contributed by atoms with E-state index in [1.54, 1.807) is 60.5 Å². The highest BCUT2D eigenvalue weighted by Crippen LogP contribution is 2.29. The molecule has 0 radical (unpaired) electrons. The summed E-state index contributed by atoms with van der Waals surface area (Å²) in [5, 5.41) is 5.89. The molecule has 12 heteroatoms. The van der Waals surface area contributed by atoms with Crippen molar-refractivity contribution >= 4 is 17.7 Å². The van der Waals surface area contributed by atoms with Crippen LogP contribution < -0.4 is 24.8 Å². The van der Waals surface area contributed by atoms with Crippen molar-refractivity contribution in [2.75, 3.05) is 26.8 Å². The second-order valence-corrected chi connectivity index (χ2v) is 10.2. The summed E-state index contributed by atoms with van der Waals surface area (Å²) in [6.45, 7) is 2.10. The fourth-order valence-corrected chi connectivity index (χ4v) is 5.10. The molecule has 4 aromatic rings. The normalized spacial score (nSPS) is 18.5. The van der Waals surface area contributed by atoms with Crippen LogP contribution in [0.3, 0.4) is 0 Å². The maximum atomic E-state index is 13.5. The molecule has 220 valence electrons. The van der Waals surface area contributed by atoms with E-state index in [0.29, 0.717) is 34.1 Å². The fraction of sp³-hybridized carbons (Fsp3) is 0.258. The zero-order chi connectivity index (χ0) is 29.9. The zero-order valence-corrected chi connectivity index (χ0v) is 23.5. The summed E-state index contributed by atoms with van der Waals surface area (Å²) in [6.07, 6.45) is 3.75. The summed E-state index contributed by atoms with van der Waals surface area (Å²) in [5.41, 5.74) is 3.00. The molecule has 2 N–H and O–H groups in total. The maximum absolute atomic E-state index is 13.5. The van der Waals surface area contributed by atoms with Crippen LogP contribution in [0.2, 0.25) is 0 Å². The molecule has 0 saturated carbocycles. The van der Waals surface area contributed by atoms with Crippen molar-refractivity contribution in [2.24, 2.45) is 0 Å². The first kappa shape index (κ1) is 27.8. The van der Waals surface area contributed by atoms with Gasteiger partial charge in [0.25, 0.3) is 17.7 Å². The van der Waals surface area contributed by atoms with Crippen molar-refractivity contribution in [2.45, 2.75) is 25.6 Å². The van der Waals surface area contributed by atoms with Crippen molar-refractivity contribution in [3.8, 4) is 28.4 Å². The van der Waals surface area contributed by atoms with Gasteiger partial charge in [-0.1, -0.05) is 12.1 Å². The highest BCUT2D eigenvalue weighted by Gasteiger charge is 2.39. The molecule has 3 aliphatic rings. The Hall–Kier alpha value is -5.39. The third-order valence-electron chi connectivity index (χ3n) is 7.37. The smallest absolute Gasteiger partial charge is 0.291 e. The molecule has 0 spiro atoms. The molecule has 43 heavy (non-hydrogen) atoms. The molecule has 0 unspecified atom stereocenters. The van der Waals surface area contributed by atoms with Gasteiger partial charge in [0.05, 0.1) is 31.0 Å². The lowest BCUT2D eigenvalue weighted by atomic mass is 10.1. The number of likely N-dealkylation sites (tertiary alicyclic amines) is 1. The molecule has 7 rings (SSSR count). The van der Waals surface area contributed by atoms with Gasteiger partial charge < -0.3 is 34.2 Å². The average molecular weight is 584 g/mol. The van der Waals surface area contributed by atoms with Gasteiger partial charge in [0.15, 0.2) is 13.0 Å². The van der Waals surface area contributed by atoms with E-state index >= 15 is 0 Å². The van der Waals surface area contributed by atoms with Gasteiger partial charge in [0, 0.05) is 42.7 Å². The minimum atomic E-state index is -0.595. The molecule has 1 fully saturated rings. The highest BCUT2D eigenvalue weighted by molar-refractivity contribution is 5.96. The summed E-state index contributed by atoms with van der Waals surface area (Å²) < 4.78 is 23.0. The number of aromatic nitrogens is 2. The first-order valence-corrected chi connectivity index (χ1v) is 13.7. The topological polar surface area (TPSA) is 145 Å². The molecule has 2 atom stereocenters. The number of nitrogens with one attached hydrogen (secondary N) is 2. The Kier molecular flexibility index (Phi) is 7.65. The van der Waals surface area contributed by atoms with Crippen molar-refractivity contribution < 1.29 is 33.0 Å². The standard InChI is InChI=1S/C31H29N5O7/c1-18-29(42-17-34-18)31(39)36-14-25-27(15-36)43-24-7-6-20(26(10-24)40-2)13-33-28(37)16-41-23-5-3-4-19(9-23)21-8-22(12-32-11-21)30(38)35-25/h3-12,17,25,27H,13-16H2,1-2H3,(H,33,37)(H,35,38)/t25-,27-/m0/s1. The Labute approximate surface area is 247 Å². The molecule has 12 nitrogen and oxygen atoms in total. The molecule has 2 aromatic carbocycles. The van der Waals surface area contributed by atoms with Crippen LogP contribution in [-0.4, -0.2) is 71.5 Å². The molecule has 0 aliphatic carbocycles. The second-order valence-electron chi connectivity index (χ2n) is 10.2. The van der Waals surface area contributed by atoms with E-state index in [1.807, 2.05) is 6.07 Å². The molecular weight excluding hydrogens is 554 g/mol. The van der Waals surface area contributed by atoms with Crippen molar-refractivity contribution in [3.05, 3.63) is 89.9 Å². The van der Waals surface area contributed by atoms with E-state index in [4.69, 9.17) is 18.6 Å².